The molecule has 0 bridgehead atoms. The molecular weight excluding hydrogens is 267 g/mol. The number of nitro groups is 1. The molecule has 1 unspecified atom stereocenters. The van der Waals surface area contributed by atoms with Crippen LogP contribution in [0.1, 0.15) is 12.8 Å². The summed E-state index contributed by atoms with van der Waals surface area (Å²) in [6.45, 7) is 0.976. The molecule has 1 aromatic carbocycles. The lowest BCUT2D eigenvalue weighted by atomic mass is 9.97. The second kappa shape index (κ2) is 5.85. The summed E-state index contributed by atoms with van der Waals surface area (Å²) in [6.07, 6.45) is 1.45. The molecule has 1 heterocycles. The highest BCUT2D eigenvalue weighted by Crippen LogP contribution is 2.28. The second-order valence-corrected chi connectivity index (χ2v) is 4.70. The Morgan fingerprint density at radius 1 is 1.55 bits per heavy atom. The standard InChI is InChI=1S/C13H15FN2O4/c1-20-13(17)9-3-2-6-15(8-9)12-5-4-10(16(18)19)7-11(12)14/h4-5,7,9H,2-3,6,8H2,1H3. The van der Waals surface area contributed by atoms with Crippen molar-refractivity contribution in [2.24, 2.45) is 5.92 Å². The largest absolute Gasteiger partial charge is 0.469 e. The molecule has 2 rings (SSSR count). The molecule has 1 aliphatic rings. The number of anilines is 1. The highest BCUT2D eigenvalue weighted by atomic mass is 19.1. The molecule has 20 heavy (non-hydrogen) atoms. The van der Waals surface area contributed by atoms with E-state index in [1.807, 2.05) is 0 Å². The number of benzene rings is 1. The topological polar surface area (TPSA) is 72.7 Å². The first kappa shape index (κ1) is 14.2. The summed E-state index contributed by atoms with van der Waals surface area (Å²) < 4.78 is 18.6. The van der Waals surface area contributed by atoms with Crippen LogP contribution in [0.3, 0.4) is 0 Å². The monoisotopic (exact) mass is 282 g/mol. The summed E-state index contributed by atoms with van der Waals surface area (Å²) in [5.74, 6) is -1.25. The van der Waals surface area contributed by atoms with Gasteiger partial charge in [0.1, 0.15) is 0 Å². The number of hydrogen-bond acceptors (Lipinski definition) is 5. The minimum Gasteiger partial charge on any atom is -0.469 e. The fourth-order valence-electron chi connectivity index (χ4n) is 2.42. The highest BCUT2D eigenvalue weighted by molar-refractivity contribution is 5.73. The predicted molar refractivity (Wildman–Crippen MR) is 70.0 cm³/mol. The molecule has 0 saturated carbocycles. The smallest absolute Gasteiger partial charge is 0.310 e. The third kappa shape index (κ3) is 2.87. The van der Waals surface area contributed by atoms with Gasteiger partial charge in [0.05, 0.1) is 29.7 Å². The molecule has 0 aromatic heterocycles. The number of ether oxygens (including phenoxy) is 1. The van der Waals surface area contributed by atoms with Gasteiger partial charge in [0, 0.05) is 19.2 Å². The Hall–Kier alpha value is -2.18. The lowest BCUT2D eigenvalue weighted by molar-refractivity contribution is -0.385. The maximum Gasteiger partial charge on any atom is 0.310 e. The number of methoxy groups -OCH3 is 1. The highest BCUT2D eigenvalue weighted by Gasteiger charge is 2.28. The SMILES string of the molecule is COC(=O)C1CCCN(c2ccc([N+](=O)[O-])cc2F)C1. The Labute approximate surface area is 115 Å². The number of piperidine rings is 1. The molecule has 1 saturated heterocycles. The summed E-state index contributed by atoms with van der Waals surface area (Å²) in [7, 11) is 1.33. The number of esters is 1. The Morgan fingerprint density at radius 3 is 2.90 bits per heavy atom. The van der Waals surface area contributed by atoms with Crippen LogP contribution in [0, 0.1) is 21.8 Å². The van der Waals surface area contributed by atoms with Crippen molar-refractivity contribution < 1.29 is 18.8 Å². The lowest BCUT2D eigenvalue weighted by Crippen LogP contribution is -2.39. The van der Waals surface area contributed by atoms with Crippen molar-refractivity contribution in [3.05, 3.63) is 34.1 Å². The van der Waals surface area contributed by atoms with Gasteiger partial charge in [-0.2, -0.15) is 0 Å². The van der Waals surface area contributed by atoms with Crippen LogP contribution < -0.4 is 4.90 Å². The molecule has 1 aliphatic heterocycles. The van der Waals surface area contributed by atoms with Crippen molar-refractivity contribution in [1.82, 2.24) is 0 Å². The number of nitrogens with zero attached hydrogens (tertiary/aromatic N) is 2. The number of non-ortho nitro benzene ring substituents is 1. The lowest BCUT2D eigenvalue weighted by Gasteiger charge is -2.33. The van der Waals surface area contributed by atoms with Gasteiger partial charge >= 0.3 is 5.97 Å². The molecule has 1 aromatic rings. The summed E-state index contributed by atoms with van der Waals surface area (Å²) in [5.41, 5.74) is -0.00280. The number of carbonyl (C=O) groups excluding carboxylic acids is 1. The molecule has 0 spiro atoms. The first-order chi connectivity index (χ1) is 9.52. The third-order valence-corrected chi connectivity index (χ3v) is 3.44. The number of hydrogen-bond donors (Lipinski definition) is 0. The summed E-state index contributed by atoms with van der Waals surface area (Å²) >= 11 is 0. The van der Waals surface area contributed by atoms with E-state index in [4.69, 9.17) is 4.74 Å². The van der Waals surface area contributed by atoms with Crippen LogP contribution in [0.5, 0.6) is 0 Å². The minimum atomic E-state index is -0.648. The number of halogens is 1. The molecule has 0 aliphatic carbocycles. The maximum atomic E-state index is 13.9. The van der Waals surface area contributed by atoms with E-state index in [9.17, 15) is 19.3 Å². The van der Waals surface area contributed by atoms with Crippen LogP contribution in [-0.4, -0.2) is 31.1 Å². The van der Waals surface area contributed by atoms with Gasteiger partial charge in [0.2, 0.25) is 0 Å². The average molecular weight is 282 g/mol. The van der Waals surface area contributed by atoms with E-state index in [1.54, 1.807) is 4.90 Å². The molecule has 1 fully saturated rings. The number of carbonyl (C=O) groups is 1. The molecule has 108 valence electrons. The van der Waals surface area contributed by atoms with Crippen molar-refractivity contribution in [2.75, 3.05) is 25.1 Å². The van der Waals surface area contributed by atoms with Crippen LogP contribution in [0.15, 0.2) is 18.2 Å². The summed E-state index contributed by atoms with van der Waals surface area (Å²) in [6, 6.07) is 3.55. The van der Waals surface area contributed by atoms with Crippen LogP contribution in [0.25, 0.3) is 0 Å². The van der Waals surface area contributed by atoms with E-state index in [1.165, 1.54) is 19.2 Å². The molecule has 7 heteroatoms. The molecule has 0 N–H and O–H groups in total. The third-order valence-electron chi connectivity index (χ3n) is 3.44. The maximum absolute atomic E-state index is 13.9. The Kier molecular flexibility index (Phi) is 4.16. The van der Waals surface area contributed by atoms with E-state index in [-0.39, 0.29) is 23.3 Å². The summed E-state index contributed by atoms with van der Waals surface area (Å²) in [4.78, 5) is 23.2. The molecule has 1 atom stereocenters. The van der Waals surface area contributed by atoms with Gasteiger partial charge in [-0.05, 0) is 18.9 Å². The Balaban J connectivity index is 2.19. The molecular formula is C13H15FN2O4. The summed E-state index contributed by atoms with van der Waals surface area (Å²) in [5, 5.41) is 10.6. The van der Waals surface area contributed by atoms with Gasteiger partial charge in [-0.15, -0.1) is 0 Å². The first-order valence-corrected chi connectivity index (χ1v) is 6.29. The van der Waals surface area contributed by atoms with E-state index in [0.717, 1.165) is 12.5 Å². The van der Waals surface area contributed by atoms with Crippen LogP contribution in [0.4, 0.5) is 15.8 Å². The van der Waals surface area contributed by atoms with Gasteiger partial charge in [-0.25, -0.2) is 4.39 Å². The van der Waals surface area contributed by atoms with Crippen molar-refractivity contribution in [2.45, 2.75) is 12.8 Å². The zero-order chi connectivity index (χ0) is 14.7. The van der Waals surface area contributed by atoms with Gasteiger partial charge in [0.15, 0.2) is 5.82 Å². The zero-order valence-corrected chi connectivity index (χ0v) is 11.0. The van der Waals surface area contributed by atoms with Gasteiger partial charge in [0.25, 0.3) is 5.69 Å². The average Bonchev–Trinajstić information content (AvgIpc) is 2.46. The van der Waals surface area contributed by atoms with Gasteiger partial charge in [-0.1, -0.05) is 0 Å². The van der Waals surface area contributed by atoms with Crippen molar-refractivity contribution in [3.8, 4) is 0 Å². The van der Waals surface area contributed by atoms with E-state index in [0.29, 0.717) is 19.5 Å². The van der Waals surface area contributed by atoms with Crippen LogP contribution in [0.2, 0.25) is 0 Å². The molecule has 0 amide bonds. The van der Waals surface area contributed by atoms with E-state index in [2.05, 4.69) is 0 Å². The van der Waals surface area contributed by atoms with Crippen LogP contribution in [-0.2, 0) is 9.53 Å². The van der Waals surface area contributed by atoms with Gasteiger partial charge in [-0.3, -0.25) is 14.9 Å². The number of nitro benzene ring substituents is 1. The zero-order valence-electron chi connectivity index (χ0n) is 11.0. The molecule has 6 nitrogen and oxygen atoms in total. The Bertz CT molecular complexity index is 535. The second-order valence-electron chi connectivity index (χ2n) is 4.70. The number of rotatable bonds is 3. The fraction of sp³-hybridized carbons (Fsp3) is 0.462. The van der Waals surface area contributed by atoms with Crippen molar-refractivity contribution in [3.63, 3.8) is 0 Å². The minimum absolute atomic E-state index is 0.282. The van der Waals surface area contributed by atoms with Crippen molar-refractivity contribution in [1.29, 1.82) is 0 Å². The van der Waals surface area contributed by atoms with Crippen LogP contribution >= 0.6 is 0 Å². The predicted octanol–water partition coefficient (Wildman–Crippen LogP) is 2.12. The quantitative estimate of drug-likeness (QED) is 0.482. The van der Waals surface area contributed by atoms with E-state index < -0.39 is 10.7 Å². The van der Waals surface area contributed by atoms with Gasteiger partial charge < -0.3 is 9.64 Å². The van der Waals surface area contributed by atoms with E-state index >= 15 is 0 Å². The first-order valence-electron chi connectivity index (χ1n) is 6.29. The fourth-order valence-corrected chi connectivity index (χ4v) is 2.42. The Morgan fingerprint density at radius 2 is 2.30 bits per heavy atom. The molecule has 0 radical (unpaired) electrons. The van der Waals surface area contributed by atoms with Crippen molar-refractivity contribution >= 4 is 17.3 Å². The normalized spacial score (nSPS) is 18.7.